The summed E-state index contributed by atoms with van der Waals surface area (Å²) >= 11 is 5.72. The number of carbonyl (C=O) groups is 1. The van der Waals surface area contributed by atoms with Crippen molar-refractivity contribution in [1.82, 2.24) is 9.55 Å². The van der Waals surface area contributed by atoms with Crippen molar-refractivity contribution in [3.8, 4) is 0 Å². The van der Waals surface area contributed by atoms with Gasteiger partial charge in [-0.1, -0.05) is 0 Å². The highest BCUT2D eigenvalue weighted by atomic mass is 35.5. The average Bonchev–Trinajstić information content (AvgIpc) is 2.67. The molecule has 0 bridgehead atoms. The highest BCUT2D eigenvalue weighted by Gasteiger charge is 2.14. The van der Waals surface area contributed by atoms with Crippen LogP contribution < -0.4 is 0 Å². The van der Waals surface area contributed by atoms with Crippen LogP contribution in [0, 0.1) is 5.82 Å². The molecule has 0 spiro atoms. The first-order valence-electron chi connectivity index (χ1n) is 6.02. The topological polar surface area (TPSA) is 44.1 Å². The lowest BCUT2D eigenvalue weighted by atomic mass is 10.3. The molecule has 0 N–H and O–H groups in total. The van der Waals surface area contributed by atoms with E-state index in [1.165, 1.54) is 12.1 Å². The third-order valence-corrected chi connectivity index (χ3v) is 2.89. The molecule has 0 radical (unpaired) electrons. The van der Waals surface area contributed by atoms with Crippen molar-refractivity contribution in [2.24, 2.45) is 0 Å². The number of halogens is 2. The molecule has 1 aromatic carbocycles. The quantitative estimate of drug-likeness (QED) is 0.626. The van der Waals surface area contributed by atoms with Crippen LogP contribution in [0.15, 0.2) is 18.2 Å². The Kier molecular flexibility index (Phi) is 4.37. The number of carbonyl (C=O) groups excluding carboxylic acids is 1. The zero-order chi connectivity index (χ0) is 13.8. The standard InChI is InChI=1S/C13H14ClFN2O2/c1-2-19-13(18)8-17-11-4-3-9(15)7-10(11)16-12(17)5-6-14/h3-4,7H,2,5-6,8H2,1H3. The van der Waals surface area contributed by atoms with Crippen LogP contribution in [0.1, 0.15) is 12.7 Å². The smallest absolute Gasteiger partial charge is 0.326 e. The molecule has 4 nitrogen and oxygen atoms in total. The van der Waals surface area contributed by atoms with Gasteiger partial charge in [-0.05, 0) is 19.1 Å². The van der Waals surface area contributed by atoms with E-state index >= 15 is 0 Å². The molecule has 1 aromatic heterocycles. The molecule has 0 atom stereocenters. The van der Waals surface area contributed by atoms with Crippen LogP contribution in [0.25, 0.3) is 11.0 Å². The van der Waals surface area contributed by atoms with Crippen LogP contribution in [0.3, 0.4) is 0 Å². The van der Waals surface area contributed by atoms with Crippen molar-refractivity contribution >= 4 is 28.6 Å². The Labute approximate surface area is 115 Å². The summed E-state index contributed by atoms with van der Waals surface area (Å²) in [6.07, 6.45) is 0.511. The van der Waals surface area contributed by atoms with Gasteiger partial charge in [0.25, 0.3) is 0 Å². The number of esters is 1. The minimum Gasteiger partial charge on any atom is -0.465 e. The van der Waals surface area contributed by atoms with E-state index in [0.717, 1.165) is 0 Å². The minimum absolute atomic E-state index is 0.0577. The molecule has 0 fully saturated rings. The number of hydrogen-bond acceptors (Lipinski definition) is 3. The van der Waals surface area contributed by atoms with Crippen molar-refractivity contribution in [3.05, 3.63) is 29.8 Å². The molecule has 102 valence electrons. The second-order valence-corrected chi connectivity index (χ2v) is 4.37. The monoisotopic (exact) mass is 284 g/mol. The van der Waals surface area contributed by atoms with Crippen LogP contribution in [0.2, 0.25) is 0 Å². The lowest BCUT2D eigenvalue weighted by molar-refractivity contribution is -0.143. The first kappa shape index (κ1) is 13.8. The molecule has 0 aliphatic rings. The molecular formula is C13H14ClFN2O2. The number of aryl methyl sites for hydroxylation is 1. The van der Waals surface area contributed by atoms with Gasteiger partial charge in [0.1, 0.15) is 18.2 Å². The molecular weight excluding hydrogens is 271 g/mol. The predicted molar refractivity (Wildman–Crippen MR) is 70.7 cm³/mol. The normalized spacial score (nSPS) is 10.9. The maximum absolute atomic E-state index is 13.2. The summed E-state index contributed by atoms with van der Waals surface area (Å²) in [5.41, 5.74) is 1.22. The Morgan fingerprint density at radius 2 is 2.32 bits per heavy atom. The van der Waals surface area contributed by atoms with Crippen LogP contribution in [0.5, 0.6) is 0 Å². The number of aromatic nitrogens is 2. The lowest BCUT2D eigenvalue weighted by Crippen LogP contribution is -2.15. The van der Waals surface area contributed by atoms with Crippen molar-refractivity contribution in [3.63, 3.8) is 0 Å². The highest BCUT2D eigenvalue weighted by molar-refractivity contribution is 6.17. The molecule has 0 saturated heterocycles. The van der Waals surface area contributed by atoms with Crippen LogP contribution in [-0.4, -0.2) is 28.0 Å². The molecule has 0 aliphatic heterocycles. The summed E-state index contributed by atoms with van der Waals surface area (Å²) in [5, 5.41) is 0. The Morgan fingerprint density at radius 1 is 1.53 bits per heavy atom. The van der Waals surface area contributed by atoms with E-state index in [-0.39, 0.29) is 18.3 Å². The lowest BCUT2D eigenvalue weighted by Gasteiger charge is -2.07. The van der Waals surface area contributed by atoms with Gasteiger partial charge in [0, 0.05) is 18.4 Å². The van der Waals surface area contributed by atoms with Crippen LogP contribution in [0.4, 0.5) is 4.39 Å². The number of imidazole rings is 1. The fourth-order valence-corrected chi connectivity index (χ4v) is 2.11. The van der Waals surface area contributed by atoms with Gasteiger partial charge < -0.3 is 9.30 Å². The molecule has 0 saturated carbocycles. The first-order chi connectivity index (χ1) is 9.15. The minimum atomic E-state index is -0.356. The second kappa shape index (κ2) is 6.02. The Hall–Kier alpha value is -1.62. The third-order valence-electron chi connectivity index (χ3n) is 2.70. The van der Waals surface area contributed by atoms with Gasteiger partial charge in [0.15, 0.2) is 0 Å². The zero-order valence-electron chi connectivity index (χ0n) is 10.5. The summed E-state index contributed by atoms with van der Waals surface area (Å²) in [4.78, 5) is 15.9. The Balaban J connectivity index is 2.42. The summed E-state index contributed by atoms with van der Waals surface area (Å²) < 4.78 is 19.8. The van der Waals surface area contributed by atoms with E-state index < -0.39 is 0 Å². The molecule has 6 heteroatoms. The molecule has 0 aliphatic carbocycles. The highest BCUT2D eigenvalue weighted by Crippen LogP contribution is 2.18. The molecule has 19 heavy (non-hydrogen) atoms. The summed E-state index contributed by atoms with van der Waals surface area (Å²) in [6, 6.07) is 4.29. The molecule has 2 aromatic rings. The van der Waals surface area contributed by atoms with Gasteiger partial charge in [-0.25, -0.2) is 9.37 Å². The SMILES string of the molecule is CCOC(=O)Cn1c(CCCl)nc2cc(F)ccc21. The van der Waals surface area contributed by atoms with Crippen molar-refractivity contribution < 1.29 is 13.9 Å². The van der Waals surface area contributed by atoms with Gasteiger partial charge in [0.05, 0.1) is 17.6 Å². The van der Waals surface area contributed by atoms with E-state index in [0.29, 0.717) is 35.8 Å². The van der Waals surface area contributed by atoms with E-state index in [4.69, 9.17) is 16.3 Å². The summed E-state index contributed by atoms with van der Waals surface area (Å²) in [6.45, 7) is 2.13. The Bertz CT molecular complexity index is 598. The number of fused-ring (bicyclic) bond motifs is 1. The van der Waals surface area contributed by atoms with Gasteiger partial charge >= 0.3 is 5.97 Å². The maximum atomic E-state index is 13.2. The fourth-order valence-electron chi connectivity index (χ4n) is 1.94. The number of nitrogens with zero attached hydrogens (tertiary/aromatic N) is 2. The molecule has 2 rings (SSSR count). The largest absolute Gasteiger partial charge is 0.465 e. The number of alkyl halides is 1. The molecule has 0 amide bonds. The third kappa shape index (κ3) is 3.04. The first-order valence-corrected chi connectivity index (χ1v) is 6.55. The van der Waals surface area contributed by atoms with Gasteiger partial charge in [-0.2, -0.15) is 0 Å². The van der Waals surface area contributed by atoms with Crippen LogP contribution >= 0.6 is 11.6 Å². The number of benzene rings is 1. The fraction of sp³-hybridized carbons (Fsp3) is 0.385. The zero-order valence-corrected chi connectivity index (χ0v) is 11.3. The second-order valence-electron chi connectivity index (χ2n) is 3.99. The molecule has 0 unspecified atom stereocenters. The Morgan fingerprint density at radius 3 is 3.00 bits per heavy atom. The summed E-state index contributed by atoms with van der Waals surface area (Å²) in [7, 11) is 0. The van der Waals surface area contributed by atoms with Crippen LogP contribution in [-0.2, 0) is 22.5 Å². The van der Waals surface area contributed by atoms with Crippen molar-refractivity contribution in [2.75, 3.05) is 12.5 Å². The van der Waals surface area contributed by atoms with Gasteiger partial charge in [-0.15, -0.1) is 11.6 Å². The summed E-state index contributed by atoms with van der Waals surface area (Å²) in [5.74, 6) is 0.338. The van der Waals surface area contributed by atoms with E-state index in [2.05, 4.69) is 4.98 Å². The molecule has 1 heterocycles. The van der Waals surface area contributed by atoms with Crippen molar-refractivity contribution in [2.45, 2.75) is 19.9 Å². The van der Waals surface area contributed by atoms with E-state index in [9.17, 15) is 9.18 Å². The maximum Gasteiger partial charge on any atom is 0.326 e. The van der Waals surface area contributed by atoms with Gasteiger partial charge in [-0.3, -0.25) is 4.79 Å². The average molecular weight is 285 g/mol. The number of hydrogen-bond donors (Lipinski definition) is 0. The van der Waals surface area contributed by atoms with E-state index in [1.54, 1.807) is 17.6 Å². The van der Waals surface area contributed by atoms with Gasteiger partial charge in [0.2, 0.25) is 0 Å². The van der Waals surface area contributed by atoms with E-state index in [1.807, 2.05) is 0 Å². The predicted octanol–water partition coefficient (Wildman–Crippen LogP) is 2.52. The van der Waals surface area contributed by atoms with Crippen molar-refractivity contribution in [1.29, 1.82) is 0 Å². The number of ether oxygens (including phenoxy) is 1. The number of rotatable bonds is 5.